The fourth-order valence-electron chi connectivity index (χ4n) is 4.65. The third-order valence-electron chi connectivity index (χ3n) is 7.31. The molecule has 0 aliphatic rings. The predicted molar refractivity (Wildman–Crippen MR) is 187 cm³/mol. The Kier molecular flexibility index (Phi) is 33.1. The molecule has 3 N–H and O–H groups in total. The first-order valence-corrected chi connectivity index (χ1v) is 19.5. The van der Waals surface area contributed by atoms with Crippen LogP contribution in [0.4, 0.5) is 0 Å². The van der Waals surface area contributed by atoms with Gasteiger partial charge in [0.1, 0.15) is 6.10 Å². The van der Waals surface area contributed by atoms with E-state index in [0.29, 0.717) is 13.0 Å². The van der Waals surface area contributed by atoms with Crippen molar-refractivity contribution in [1.29, 1.82) is 0 Å². The number of phosphoric acid groups is 1. The summed E-state index contributed by atoms with van der Waals surface area (Å²) >= 11 is 0. The van der Waals surface area contributed by atoms with Crippen molar-refractivity contribution in [2.45, 2.75) is 155 Å². The van der Waals surface area contributed by atoms with Crippen LogP contribution >= 0.6 is 7.82 Å². The Morgan fingerprint density at radius 3 is 1.80 bits per heavy atom. The maximum atomic E-state index is 12.5. The maximum absolute atomic E-state index is 12.5. The van der Waals surface area contributed by atoms with E-state index in [-0.39, 0.29) is 32.3 Å². The second kappa shape index (κ2) is 34.1. The first-order chi connectivity index (χ1) is 21.9. The van der Waals surface area contributed by atoms with E-state index >= 15 is 0 Å². The maximum Gasteiger partial charge on any atom is 0.472 e. The van der Waals surface area contributed by atoms with Crippen molar-refractivity contribution in [3.8, 4) is 0 Å². The molecule has 2 atom stereocenters. The molecular weight excluding hydrogens is 589 g/mol. The number of allylic oxidation sites excluding steroid dienone is 6. The molecule has 0 saturated heterocycles. The molecule has 0 heterocycles. The van der Waals surface area contributed by atoms with Crippen LogP contribution in [0.15, 0.2) is 36.5 Å². The highest BCUT2D eigenvalue weighted by atomic mass is 31.2. The van der Waals surface area contributed by atoms with Gasteiger partial charge in [0.15, 0.2) is 0 Å². The van der Waals surface area contributed by atoms with Crippen molar-refractivity contribution in [3.05, 3.63) is 36.5 Å². The van der Waals surface area contributed by atoms with Crippen molar-refractivity contribution in [2.75, 3.05) is 33.0 Å². The van der Waals surface area contributed by atoms with Crippen molar-refractivity contribution in [1.82, 2.24) is 0 Å². The monoisotopic (exact) mass is 657 g/mol. The molecule has 2 unspecified atom stereocenters. The van der Waals surface area contributed by atoms with Crippen LogP contribution in [-0.2, 0) is 27.9 Å². The largest absolute Gasteiger partial charge is 0.472 e. The molecule has 0 aliphatic carbocycles. The number of rotatable bonds is 34. The Labute approximate surface area is 276 Å². The molecule has 0 rings (SSSR count). The normalized spacial score (nSPS) is 14.1. The highest BCUT2D eigenvalue weighted by Crippen LogP contribution is 2.43. The molecule has 0 fully saturated rings. The molecule has 0 radical (unpaired) electrons. The summed E-state index contributed by atoms with van der Waals surface area (Å²) in [6.45, 7) is 4.83. The van der Waals surface area contributed by atoms with E-state index in [9.17, 15) is 14.3 Å². The second-order valence-corrected chi connectivity index (χ2v) is 13.2. The van der Waals surface area contributed by atoms with E-state index in [4.69, 9.17) is 24.3 Å². The van der Waals surface area contributed by atoms with Crippen LogP contribution in [0.5, 0.6) is 0 Å². The van der Waals surface area contributed by atoms with E-state index < -0.39 is 13.9 Å². The van der Waals surface area contributed by atoms with Gasteiger partial charge in [-0.1, -0.05) is 127 Å². The lowest BCUT2D eigenvalue weighted by Gasteiger charge is -2.20. The minimum Gasteiger partial charge on any atom is -0.457 e. The van der Waals surface area contributed by atoms with Gasteiger partial charge in [0.2, 0.25) is 0 Å². The summed E-state index contributed by atoms with van der Waals surface area (Å²) in [6.07, 6.45) is 35.9. The topological polar surface area (TPSA) is 117 Å². The van der Waals surface area contributed by atoms with Gasteiger partial charge >= 0.3 is 13.8 Å². The molecule has 0 aliphatic heterocycles. The van der Waals surface area contributed by atoms with Crippen LogP contribution in [0.3, 0.4) is 0 Å². The number of carbonyl (C=O) groups excluding carboxylic acids is 1. The Bertz CT molecular complexity index is 787. The molecular formula is C36H68NO7P. The van der Waals surface area contributed by atoms with Crippen LogP contribution < -0.4 is 5.73 Å². The summed E-state index contributed by atoms with van der Waals surface area (Å²) in [5.41, 5.74) is 5.33. The molecule has 0 bridgehead atoms. The van der Waals surface area contributed by atoms with Gasteiger partial charge in [-0.3, -0.25) is 13.8 Å². The Morgan fingerprint density at radius 1 is 0.667 bits per heavy atom. The van der Waals surface area contributed by atoms with E-state index in [1.807, 2.05) is 0 Å². The van der Waals surface area contributed by atoms with Gasteiger partial charge in [-0.25, -0.2) is 4.57 Å². The van der Waals surface area contributed by atoms with Crippen LogP contribution in [0.2, 0.25) is 0 Å². The smallest absolute Gasteiger partial charge is 0.457 e. The minimum atomic E-state index is -4.26. The highest BCUT2D eigenvalue weighted by Gasteiger charge is 2.25. The number of nitrogens with two attached hydrogens (primary N) is 1. The van der Waals surface area contributed by atoms with Crippen LogP contribution in [0.1, 0.15) is 149 Å². The summed E-state index contributed by atoms with van der Waals surface area (Å²) in [4.78, 5) is 22.3. The zero-order valence-electron chi connectivity index (χ0n) is 28.8. The third-order valence-corrected chi connectivity index (χ3v) is 8.29. The average molecular weight is 658 g/mol. The third kappa shape index (κ3) is 33.9. The highest BCUT2D eigenvalue weighted by molar-refractivity contribution is 7.47. The van der Waals surface area contributed by atoms with Gasteiger partial charge in [0.05, 0.1) is 19.8 Å². The summed E-state index contributed by atoms with van der Waals surface area (Å²) in [7, 11) is -4.26. The van der Waals surface area contributed by atoms with Gasteiger partial charge in [0, 0.05) is 19.6 Å². The number of unbranched alkanes of at least 4 members (excludes halogenated alkanes) is 15. The number of esters is 1. The van der Waals surface area contributed by atoms with Crippen molar-refractivity contribution in [2.24, 2.45) is 5.73 Å². The fourth-order valence-corrected chi connectivity index (χ4v) is 5.41. The van der Waals surface area contributed by atoms with Crippen molar-refractivity contribution in [3.63, 3.8) is 0 Å². The standard InChI is InChI=1S/C36H68NO7P/c1-3-5-7-9-11-12-13-14-15-16-17-18-19-20-21-22-23-25-27-29-36(38)44-35(34-43-45(39,40)42-32-30-37)33-41-31-28-26-24-10-8-6-4-2/h11-12,14-15,17-18,35H,3-10,13,16,19-34,37H2,1-2H3,(H,39,40)/b12-11-,15-14-,18-17-. The Morgan fingerprint density at radius 2 is 1.18 bits per heavy atom. The molecule has 0 amide bonds. The Hall–Kier alpha value is -1.28. The molecule has 0 spiro atoms. The van der Waals surface area contributed by atoms with E-state index in [1.54, 1.807) is 0 Å². The molecule has 9 heteroatoms. The quantitative estimate of drug-likeness (QED) is 0.0304. The average Bonchev–Trinajstić information content (AvgIpc) is 3.02. The van der Waals surface area contributed by atoms with Gasteiger partial charge in [-0.05, 0) is 51.4 Å². The fraction of sp³-hybridized carbons (Fsp3) is 0.806. The van der Waals surface area contributed by atoms with Gasteiger partial charge in [-0.2, -0.15) is 0 Å². The summed E-state index contributed by atoms with van der Waals surface area (Å²) in [5.74, 6) is -0.346. The molecule has 8 nitrogen and oxygen atoms in total. The first kappa shape index (κ1) is 43.7. The van der Waals surface area contributed by atoms with E-state index in [2.05, 4.69) is 50.3 Å². The predicted octanol–water partition coefficient (Wildman–Crippen LogP) is 9.91. The SMILES string of the molecule is CCCCC/C=C\C/C=C\C/C=C\CCCCCCCCC(=O)OC(COCCCCCCCCC)COP(=O)(O)OCCN. The van der Waals surface area contributed by atoms with E-state index in [0.717, 1.165) is 57.8 Å². The summed E-state index contributed by atoms with van der Waals surface area (Å²) in [6, 6.07) is 0. The summed E-state index contributed by atoms with van der Waals surface area (Å²) < 4.78 is 33.1. The van der Waals surface area contributed by atoms with Crippen molar-refractivity contribution >= 4 is 13.8 Å². The van der Waals surface area contributed by atoms with Gasteiger partial charge < -0.3 is 20.1 Å². The molecule has 0 saturated carbocycles. The van der Waals surface area contributed by atoms with Crippen molar-refractivity contribution < 1.29 is 32.8 Å². The van der Waals surface area contributed by atoms with Crippen LogP contribution in [0, 0.1) is 0 Å². The lowest BCUT2D eigenvalue weighted by Crippen LogP contribution is -2.28. The molecule has 0 aromatic rings. The molecule has 45 heavy (non-hydrogen) atoms. The van der Waals surface area contributed by atoms with Gasteiger partial charge in [0.25, 0.3) is 0 Å². The van der Waals surface area contributed by atoms with Crippen LogP contribution in [-0.4, -0.2) is 49.9 Å². The second-order valence-electron chi connectivity index (χ2n) is 11.7. The number of hydrogen-bond donors (Lipinski definition) is 2. The lowest BCUT2D eigenvalue weighted by atomic mass is 10.1. The number of carbonyl (C=O) groups is 1. The minimum absolute atomic E-state index is 0.0977. The summed E-state index contributed by atoms with van der Waals surface area (Å²) in [5, 5.41) is 0. The number of phosphoric ester groups is 1. The number of ether oxygens (including phenoxy) is 2. The van der Waals surface area contributed by atoms with E-state index in [1.165, 1.54) is 70.6 Å². The molecule has 0 aromatic carbocycles. The lowest BCUT2D eigenvalue weighted by molar-refractivity contribution is -0.154. The zero-order valence-corrected chi connectivity index (χ0v) is 29.7. The van der Waals surface area contributed by atoms with Crippen LogP contribution in [0.25, 0.3) is 0 Å². The van der Waals surface area contributed by atoms with Gasteiger partial charge in [-0.15, -0.1) is 0 Å². The Balaban J connectivity index is 4.06. The molecule has 0 aromatic heterocycles. The number of hydrogen-bond acceptors (Lipinski definition) is 7. The zero-order chi connectivity index (χ0) is 33.1. The molecule has 264 valence electrons. The first-order valence-electron chi connectivity index (χ1n) is 18.0.